The largest absolute Gasteiger partial charge is 0.303 e. The molecule has 1 heterocycles. The highest BCUT2D eigenvalue weighted by atomic mass is 35.5. The lowest BCUT2D eigenvalue weighted by Crippen LogP contribution is -2.25. The summed E-state index contributed by atoms with van der Waals surface area (Å²) in [6.07, 6.45) is 2.25. The Morgan fingerprint density at radius 3 is 2.65 bits per heavy atom. The molecule has 0 bridgehead atoms. The van der Waals surface area contributed by atoms with Gasteiger partial charge in [0, 0.05) is 10.6 Å². The number of rotatable bonds is 4. The van der Waals surface area contributed by atoms with E-state index in [2.05, 4.69) is 15.5 Å². The normalized spacial score (nSPS) is 19.4. The Labute approximate surface area is 143 Å². The van der Waals surface area contributed by atoms with Gasteiger partial charge in [-0.15, -0.1) is 5.10 Å². The maximum absolute atomic E-state index is 12.0. The van der Waals surface area contributed by atoms with Gasteiger partial charge in [0.1, 0.15) is 0 Å². The number of halogens is 1. The fourth-order valence-electron chi connectivity index (χ4n) is 2.14. The van der Waals surface area contributed by atoms with Crippen molar-refractivity contribution < 1.29 is 4.79 Å². The third-order valence-electron chi connectivity index (χ3n) is 3.29. The summed E-state index contributed by atoms with van der Waals surface area (Å²) in [4.78, 5) is 12.0. The number of nitrogens with one attached hydrogen (secondary N) is 1. The highest BCUT2D eigenvalue weighted by molar-refractivity contribution is 8.15. The lowest BCUT2D eigenvalue weighted by Gasteiger charge is -2.04. The summed E-state index contributed by atoms with van der Waals surface area (Å²) >= 11 is 7.44. The summed E-state index contributed by atoms with van der Waals surface area (Å²) in [6.45, 7) is 0. The molecule has 2 aromatic rings. The minimum Gasteiger partial charge on any atom is -0.303 e. The molecule has 1 fully saturated rings. The van der Waals surface area contributed by atoms with Crippen molar-refractivity contribution in [3.8, 4) is 0 Å². The molecule has 2 aromatic carbocycles. The van der Waals surface area contributed by atoms with Gasteiger partial charge in [0.25, 0.3) is 0 Å². The molecule has 1 N–H and O–H groups in total. The predicted octanol–water partition coefficient (Wildman–Crippen LogP) is 3.50. The van der Waals surface area contributed by atoms with Crippen LogP contribution in [0.15, 0.2) is 64.8 Å². The van der Waals surface area contributed by atoms with E-state index in [0.29, 0.717) is 16.6 Å². The van der Waals surface area contributed by atoms with Gasteiger partial charge >= 0.3 is 0 Å². The molecular formula is C17H14ClN3OS. The Kier molecular flexibility index (Phi) is 5.10. The van der Waals surface area contributed by atoms with Gasteiger partial charge in [0.2, 0.25) is 5.91 Å². The molecule has 1 aliphatic rings. The van der Waals surface area contributed by atoms with E-state index in [1.165, 1.54) is 11.8 Å². The van der Waals surface area contributed by atoms with Crippen LogP contribution in [0.5, 0.6) is 0 Å². The summed E-state index contributed by atoms with van der Waals surface area (Å²) in [5.41, 5.74) is 1.91. The topological polar surface area (TPSA) is 53.8 Å². The molecule has 4 nitrogen and oxygen atoms in total. The van der Waals surface area contributed by atoms with Crippen molar-refractivity contribution in [2.24, 2.45) is 10.2 Å². The maximum Gasteiger partial charge on any atom is 0.239 e. The molecule has 0 aliphatic carbocycles. The Hall–Kier alpha value is -2.11. The molecule has 0 spiro atoms. The standard InChI is InChI=1S/C17H14ClN3OS/c18-14-9-5-4-8-13(14)11-19-21-17-20-16(22)15(23-17)10-12-6-2-1-3-7-12/h1-9,11,15H,10H2,(H,20,21,22)/t15-/m0/s1. The zero-order valence-electron chi connectivity index (χ0n) is 12.1. The maximum atomic E-state index is 12.0. The molecule has 116 valence electrons. The summed E-state index contributed by atoms with van der Waals surface area (Å²) in [7, 11) is 0. The van der Waals surface area contributed by atoms with E-state index in [0.717, 1.165) is 11.1 Å². The van der Waals surface area contributed by atoms with Gasteiger partial charge < -0.3 is 5.32 Å². The molecule has 23 heavy (non-hydrogen) atoms. The quantitative estimate of drug-likeness (QED) is 0.682. The number of benzene rings is 2. The lowest BCUT2D eigenvalue weighted by atomic mass is 10.1. The first kappa shape index (κ1) is 15.8. The molecule has 0 unspecified atom stereocenters. The average molecular weight is 344 g/mol. The number of amidine groups is 1. The number of carbonyl (C=O) groups is 1. The van der Waals surface area contributed by atoms with Crippen molar-refractivity contribution >= 4 is 40.7 Å². The molecule has 1 saturated heterocycles. The number of thioether (sulfide) groups is 1. The third-order valence-corrected chi connectivity index (χ3v) is 4.71. The van der Waals surface area contributed by atoms with Crippen LogP contribution < -0.4 is 5.32 Å². The first-order valence-corrected chi connectivity index (χ1v) is 8.35. The number of hydrogen-bond donors (Lipinski definition) is 1. The van der Waals surface area contributed by atoms with Gasteiger partial charge in [-0.3, -0.25) is 4.79 Å². The van der Waals surface area contributed by atoms with E-state index in [4.69, 9.17) is 11.6 Å². The van der Waals surface area contributed by atoms with Crippen LogP contribution in [0.3, 0.4) is 0 Å². The number of nitrogens with zero attached hydrogens (tertiary/aromatic N) is 2. The Balaban J connectivity index is 1.64. The molecule has 1 amide bonds. The molecule has 1 atom stereocenters. The van der Waals surface area contributed by atoms with Crippen LogP contribution in [0.1, 0.15) is 11.1 Å². The minimum absolute atomic E-state index is 0.0365. The highest BCUT2D eigenvalue weighted by Crippen LogP contribution is 2.23. The van der Waals surface area contributed by atoms with Gasteiger partial charge in [-0.05, 0) is 18.1 Å². The van der Waals surface area contributed by atoms with Crippen LogP contribution in [0.25, 0.3) is 0 Å². The molecule has 1 aliphatic heterocycles. The Morgan fingerprint density at radius 1 is 1.13 bits per heavy atom. The van der Waals surface area contributed by atoms with E-state index in [9.17, 15) is 4.79 Å². The third kappa shape index (κ3) is 4.21. The fraction of sp³-hybridized carbons (Fsp3) is 0.118. The van der Waals surface area contributed by atoms with Crippen molar-refractivity contribution in [2.75, 3.05) is 0 Å². The van der Waals surface area contributed by atoms with Gasteiger partial charge in [-0.2, -0.15) is 5.10 Å². The van der Waals surface area contributed by atoms with Crippen LogP contribution >= 0.6 is 23.4 Å². The van der Waals surface area contributed by atoms with E-state index in [1.54, 1.807) is 12.3 Å². The first-order valence-electron chi connectivity index (χ1n) is 7.09. The number of amides is 1. The molecule has 3 rings (SSSR count). The lowest BCUT2D eigenvalue weighted by molar-refractivity contribution is -0.118. The second-order valence-electron chi connectivity index (χ2n) is 4.96. The van der Waals surface area contributed by atoms with Gasteiger partial charge in [0.15, 0.2) is 5.17 Å². The molecular weight excluding hydrogens is 330 g/mol. The smallest absolute Gasteiger partial charge is 0.239 e. The molecule has 0 saturated carbocycles. The first-order chi connectivity index (χ1) is 11.2. The highest BCUT2D eigenvalue weighted by Gasteiger charge is 2.30. The van der Waals surface area contributed by atoms with E-state index >= 15 is 0 Å². The van der Waals surface area contributed by atoms with E-state index in [-0.39, 0.29) is 11.2 Å². The monoisotopic (exact) mass is 343 g/mol. The summed E-state index contributed by atoms with van der Waals surface area (Å²) in [6, 6.07) is 17.3. The van der Waals surface area contributed by atoms with Crippen LogP contribution in [-0.4, -0.2) is 22.5 Å². The molecule has 6 heteroatoms. The second kappa shape index (κ2) is 7.44. The van der Waals surface area contributed by atoms with Crippen LogP contribution in [0, 0.1) is 0 Å². The van der Waals surface area contributed by atoms with Crippen molar-refractivity contribution in [2.45, 2.75) is 11.7 Å². The summed E-state index contributed by atoms with van der Waals surface area (Å²) in [5.74, 6) is -0.0365. The fourth-order valence-corrected chi connectivity index (χ4v) is 3.29. The van der Waals surface area contributed by atoms with E-state index in [1.807, 2.05) is 48.5 Å². The van der Waals surface area contributed by atoms with Crippen LogP contribution in [-0.2, 0) is 11.2 Å². The number of carbonyl (C=O) groups excluding carboxylic acids is 1. The SMILES string of the molecule is O=C1N/C(=N\N=Cc2ccccc2Cl)S[C@H]1Cc1ccccc1. The molecule has 0 radical (unpaired) electrons. The average Bonchev–Trinajstić information content (AvgIpc) is 2.90. The van der Waals surface area contributed by atoms with Crippen molar-refractivity contribution in [3.05, 3.63) is 70.7 Å². The van der Waals surface area contributed by atoms with E-state index < -0.39 is 0 Å². The summed E-state index contributed by atoms with van der Waals surface area (Å²) in [5, 5.41) is 11.8. The Bertz CT molecular complexity index is 761. The number of hydrogen-bond acceptors (Lipinski definition) is 4. The van der Waals surface area contributed by atoms with Crippen molar-refractivity contribution in [1.82, 2.24) is 5.32 Å². The molecule has 0 aromatic heterocycles. The van der Waals surface area contributed by atoms with Gasteiger partial charge in [-0.25, -0.2) is 0 Å². The van der Waals surface area contributed by atoms with Crippen LogP contribution in [0.2, 0.25) is 5.02 Å². The minimum atomic E-state index is -0.174. The van der Waals surface area contributed by atoms with Gasteiger partial charge in [0.05, 0.1) is 11.5 Å². The summed E-state index contributed by atoms with van der Waals surface area (Å²) < 4.78 is 0. The van der Waals surface area contributed by atoms with Crippen LogP contribution in [0.4, 0.5) is 0 Å². The Morgan fingerprint density at radius 2 is 1.87 bits per heavy atom. The zero-order chi connectivity index (χ0) is 16.1. The second-order valence-corrected chi connectivity index (χ2v) is 6.56. The van der Waals surface area contributed by atoms with Crippen molar-refractivity contribution in [3.63, 3.8) is 0 Å². The predicted molar refractivity (Wildman–Crippen MR) is 96.1 cm³/mol. The van der Waals surface area contributed by atoms with Gasteiger partial charge in [-0.1, -0.05) is 71.9 Å². The zero-order valence-corrected chi connectivity index (χ0v) is 13.7. The van der Waals surface area contributed by atoms with Crippen molar-refractivity contribution in [1.29, 1.82) is 0 Å².